The van der Waals surface area contributed by atoms with E-state index in [9.17, 15) is 9.59 Å². The standard InChI is InChI=1S/C22H27NO4/c1-4-5-14-26-22(25)17-10-12-18(13-11-17)23-21(24)15-27-20-9-7-6-8-19(20)16(2)3/h6-13,16H,4-5,14-15H2,1-3H3,(H,23,24). The highest BCUT2D eigenvalue weighted by Crippen LogP contribution is 2.25. The fourth-order valence-electron chi connectivity index (χ4n) is 2.51. The minimum Gasteiger partial charge on any atom is -0.483 e. The number of para-hydroxylation sites is 1. The van der Waals surface area contributed by atoms with Gasteiger partial charge < -0.3 is 14.8 Å². The molecule has 1 N–H and O–H groups in total. The van der Waals surface area contributed by atoms with E-state index in [0.717, 1.165) is 18.4 Å². The van der Waals surface area contributed by atoms with Crippen molar-refractivity contribution in [2.24, 2.45) is 0 Å². The van der Waals surface area contributed by atoms with E-state index in [1.165, 1.54) is 0 Å². The monoisotopic (exact) mass is 369 g/mol. The highest BCUT2D eigenvalue weighted by molar-refractivity contribution is 5.93. The van der Waals surface area contributed by atoms with Crippen molar-refractivity contribution >= 4 is 17.6 Å². The Labute approximate surface area is 160 Å². The molecule has 1 amide bonds. The number of esters is 1. The third-order valence-electron chi connectivity index (χ3n) is 4.04. The molecule has 0 bridgehead atoms. The van der Waals surface area contributed by atoms with Crippen LogP contribution in [0.1, 0.15) is 55.5 Å². The molecule has 0 spiro atoms. The van der Waals surface area contributed by atoms with Crippen molar-refractivity contribution in [2.75, 3.05) is 18.5 Å². The first kappa shape index (κ1) is 20.5. The van der Waals surface area contributed by atoms with Gasteiger partial charge in [-0.1, -0.05) is 45.4 Å². The van der Waals surface area contributed by atoms with Gasteiger partial charge in [0, 0.05) is 5.69 Å². The van der Waals surface area contributed by atoms with E-state index < -0.39 is 0 Å². The Kier molecular flexibility index (Phi) is 7.86. The molecule has 0 aliphatic carbocycles. The smallest absolute Gasteiger partial charge is 0.338 e. The summed E-state index contributed by atoms with van der Waals surface area (Å²) in [5.74, 6) is 0.420. The van der Waals surface area contributed by atoms with Crippen molar-refractivity contribution in [3.8, 4) is 5.75 Å². The second-order valence-corrected chi connectivity index (χ2v) is 6.60. The van der Waals surface area contributed by atoms with Crippen molar-refractivity contribution in [1.82, 2.24) is 0 Å². The van der Waals surface area contributed by atoms with Crippen LogP contribution in [0.2, 0.25) is 0 Å². The van der Waals surface area contributed by atoms with Crippen LogP contribution in [-0.2, 0) is 9.53 Å². The van der Waals surface area contributed by atoms with Crippen LogP contribution in [0.4, 0.5) is 5.69 Å². The Morgan fingerprint density at radius 2 is 1.74 bits per heavy atom. The van der Waals surface area contributed by atoms with Gasteiger partial charge in [0.2, 0.25) is 0 Å². The van der Waals surface area contributed by atoms with Gasteiger partial charge in [-0.2, -0.15) is 0 Å². The van der Waals surface area contributed by atoms with Gasteiger partial charge in [-0.05, 0) is 48.2 Å². The highest BCUT2D eigenvalue weighted by Gasteiger charge is 2.10. The SMILES string of the molecule is CCCCOC(=O)c1ccc(NC(=O)COc2ccccc2C(C)C)cc1. The highest BCUT2D eigenvalue weighted by atomic mass is 16.5. The minimum atomic E-state index is -0.352. The fourth-order valence-corrected chi connectivity index (χ4v) is 2.51. The zero-order valence-electron chi connectivity index (χ0n) is 16.2. The van der Waals surface area contributed by atoms with Crippen LogP contribution in [0.15, 0.2) is 48.5 Å². The van der Waals surface area contributed by atoms with Crippen molar-refractivity contribution < 1.29 is 19.1 Å². The molecule has 2 rings (SSSR count). The lowest BCUT2D eigenvalue weighted by atomic mass is 10.0. The molecule has 2 aromatic rings. The Bertz CT molecular complexity index is 753. The minimum absolute atomic E-state index is 0.0788. The first-order valence-corrected chi connectivity index (χ1v) is 9.30. The van der Waals surface area contributed by atoms with Gasteiger partial charge in [-0.3, -0.25) is 4.79 Å². The lowest BCUT2D eigenvalue weighted by Gasteiger charge is -2.13. The number of rotatable bonds is 9. The summed E-state index contributed by atoms with van der Waals surface area (Å²) in [6.07, 6.45) is 1.82. The molecule has 0 heterocycles. The van der Waals surface area contributed by atoms with Gasteiger partial charge in [0.15, 0.2) is 6.61 Å². The summed E-state index contributed by atoms with van der Waals surface area (Å²) in [5.41, 5.74) is 2.13. The average Bonchev–Trinajstić information content (AvgIpc) is 2.67. The first-order valence-electron chi connectivity index (χ1n) is 9.30. The molecule has 0 saturated carbocycles. The molecule has 27 heavy (non-hydrogen) atoms. The van der Waals surface area contributed by atoms with Crippen molar-refractivity contribution in [3.05, 3.63) is 59.7 Å². The maximum Gasteiger partial charge on any atom is 0.338 e. The van der Waals surface area contributed by atoms with Crippen molar-refractivity contribution in [3.63, 3.8) is 0 Å². The van der Waals surface area contributed by atoms with E-state index in [4.69, 9.17) is 9.47 Å². The molecule has 2 aromatic carbocycles. The molecule has 0 atom stereocenters. The average molecular weight is 369 g/mol. The number of nitrogens with one attached hydrogen (secondary N) is 1. The number of hydrogen-bond donors (Lipinski definition) is 1. The molecule has 0 aliphatic rings. The second-order valence-electron chi connectivity index (χ2n) is 6.60. The summed E-state index contributed by atoms with van der Waals surface area (Å²) < 4.78 is 10.8. The van der Waals surface area contributed by atoms with Crippen molar-refractivity contribution in [2.45, 2.75) is 39.5 Å². The summed E-state index contributed by atoms with van der Waals surface area (Å²) in [5, 5.41) is 2.76. The van der Waals surface area contributed by atoms with Gasteiger partial charge in [-0.15, -0.1) is 0 Å². The molecule has 0 saturated heterocycles. The molecule has 0 fully saturated rings. The second kappa shape index (κ2) is 10.4. The number of hydrogen-bond acceptors (Lipinski definition) is 4. The van der Waals surface area contributed by atoms with Gasteiger partial charge in [0.05, 0.1) is 12.2 Å². The summed E-state index contributed by atoms with van der Waals surface area (Å²) in [6.45, 7) is 6.54. The number of benzene rings is 2. The zero-order chi connectivity index (χ0) is 19.6. The lowest BCUT2D eigenvalue weighted by molar-refractivity contribution is -0.118. The maximum absolute atomic E-state index is 12.1. The van der Waals surface area contributed by atoms with Crippen LogP contribution < -0.4 is 10.1 Å². The topological polar surface area (TPSA) is 64.6 Å². The molecular formula is C22H27NO4. The Morgan fingerprint density at radius 1 is 1.04 bits per heavy atom. The van der Waals surface area contributed by atoms with Crippen LogP contribution in [0.25, 0.3) is 0 Å². The van der Waals surface area contributed by atoms with Gasteiger partial charge >= 0.3 is 5.97 Å². The van der Waals surface area contributed by atoms with E-state index >= 15 is 0 Å². The van der Waals surface area contributed by atoms with Crippen molar-refractivity contribution in [1.29, 1.82) is 0 Å². The fraction of sp³-hybridized carbons (Fsp3) is 0.364. The summed E-state index contributed by atoms with van der Waals surface area (Å²) >= 11 is 0. The van der Waals surface area contributed by atoms with E-state index in [1.807, 2.05) is 31.2 Å². The summed E-state index contributed by atoms with van der Waals surface area (Å²) in [6, 6.07) is 14.3. The first-order chi connectivity index (χ1) is 13.0. The van der Waals surface area contributed by atoms with Crippen LogP contribution in [0.3, 0.4) is 0 Å². The third kappa shape index (κ3) is 6.44. The molecule has 5 nitrogen and oxygen atoms in total. The molecular weight excluding hydrogens is 342 g/mol. The number of carbonyl (C=O) groups is 2. The quantitative estimate of drug-likeness (QED) is 0.510. The van der Waals surface area contributed by atoms with Crippen LogP contribution in [0, 0.1) is 0 Å². The number of ether oxygens (including phenoxy) is 2. The Balaban J connectivity index is 1.86. The number of carbonyl (C=O) groups excluding carboxylic acids is 2. The van der Waals surface area contributed by atoms with E-state index in [1.54, 1.807) is 24.3 Å². The number of amides is 1. The molecule has 144 valence electrons. The predicted octanol–water partition coefficient (Wildman–Crippen LogP) is 4.78. The predicted molar refractivity (Wildman–Crippen MR) is 106 cm³/mol. The normalized spacial score (nSPS) is 10.5. The largest absolute Gasteiger partial charge is 0.483 e. The van der Waals surface area contributed by atoms with Gasteiger partial charge in [-0.25, -0.2) is 4.79 Å². The van der Waals surface area contributed by atoms with Crippen LogP contribution in [-0.4, -0.2) is 25.1 Å². The van der Waals surface area contributed by atoms with E-state index in [2.05, 4.69) is 19.2 Å². The Morgan fingerprint density at radius 3 is 2.41 bits per heavy atom. The van der Waals surface area contributed by atoms with Gasteiger partial charge in [0.25, 0.3) is 5.91 Å². The Hall–Kier alpha value is -2.82. The van der Waals surface area contributed by atoms with E-state index in [-0.39, 0.29) is 18.5 Å². The molecule has 0 aromatic heterocycles. The lowest BCUT2D eigenvalue weighted by Crippen LogP contribution is -2.20. The van der Waals surface area contributed by atoms with Crippen LogP contribution in [0.5, 0.6) is 5.75 Å². The molecule has 0 radical (unpaired) electrons. The summed E-state index contributed by atoms with van der Waals surface area (Å²) in [7, 11) is 0. The van der Waals surface area contributed by atoms with Gasteiger partial charge in [0.1, 0.15) is 5.75 Å². The van der Waals surface area contributed by atoms with Crippen LogP contribution >= 0.6 is 0 Å². The number of anilines is 1. The number of unbranched alkanes of at least 4 members (excludes halogenated alkanes) is 1. The molecule has 0 aliphatic heterocycles. The maximum atomic E-state index is 12.1. The zero-order valence-corrected chi connectivity index (χ0v) is 16.2. The third-order valence-corrected chi connectivity index (χ3v) is 4.04. The molecule has 0 unspecified atom stereocenters. The molecule has 5 heteroatoms. The summed E-state index contributed by atoms with van der Waals surface area (Å²) in [4.78, 5) is 24.0. The van der Waals surface area contributed by atoms with E-state index in [0.29, 0.717) is 29.5 Å².